The van der Waals surface area contributed by atoms with Crippen LogP contribution in [-0.2, 0) is 14.8 Å². The van der Waals surface area contributed by atoms with Crippen LogP contribution in [-0.4, -0.2) is 41.7 Å². The number of hydrogen-bond acceptors (Lipinski definition) is 3. The van der Waals surface area contributed by atoms with Gasteiger partial charge in [-0.25, -0.2) is 8.42 Å². The van der Waals surface area contributed by atoms with Crippen LogP contribution in [0, 0.1) is 6.92 Å². The molecule has 0 aromatic heterocycles. The summed E-state index contributed by atoms with van der Waals surface area (Å²) in [7, 11) is -3.77. The van der Waals surface area contributed by atoms with E-state index in [2.05, 4.69) is 0 Å². The first-order valence-electron chi connectivity index (χ1n) is 9.63. The quantitative estimate of drug-likeness (QED) is 0.694. The minimum Gasteiger partial charge on any atom is -0.336 e. The third-order valence-corrected chi connectivity index (χ3v) is 6.99. The normalized spacial score (nSPS) is 21.8. The van der Waals surface area contributed by atoms with Crippen LogP contribution >= 0.6 is 0 Å². The lowest BCUT2D eigenvalue weighted by Crippen LogP contribution is -2.45. The van der Waals surface area contributed by atoms with Crippen molar-refractivity contribution in [3.8, 4) is 0 Å². The summed E-state index contributed by atoms with van der Waals surface area (Å²) in [6, 6.07) is 15.0. The van der Waals surface area contributed by atoms with Crippen molar-refractivity contribution in [2.75, 3.05) is 0 Å². The lowest BCUT2D eigenvalue weighted by atomic mass is 10.1. The van der Waals surface area contributed by atoms with Crippen LogP contribution in [0.15, 0.2) is 59.5 Å². The van der Waals surface area contributed by atoms with Gasteiger partial charge in [-0.1, -0.05) is 48.0 Å². The fraction of sp³-hybridized carbons (Fsp3) is 0.409. The highest BCUT2D eigenvalue weighted by Gasteiger charge is 2.61. The zero-order chi connectivity index (χ0) is 20.6. The van der Waals surface area contributed by atoms with Crippen LogP contribution in [0.25, 0.3) is 0 Å². The molecular weight excluding hydrogens is 372 g/mol. The van der Waals surface area contributed by atoms with Crippen LogP contribution in [0.2, 0.25) is 0 Å². The van der Waals surface area contributed by atoms with E-state index in [4.69, 9.17) is 0 Å². The second-order valence-electron chi connectivity index (χ2n) is 7.88. The summed E-state index contributed by atoms with van der Waals surface area (Å²) >= 11 is 0. The Morgan fingerprint density at radius 2 is 1.46 bits per heavy atom. The van der Waals surface area contributed by atoms with Gasteiger partial charge in [0.2, 0.25) is 15.9 Å². The molecule has 0 N–H and O–H groups in total. The zero-order valence-corrected chi connectivity index (χ0v) is 17.8. The molecule has 2 aromatic rings. The van der Waals surface area contributed by atoms with E-state index in [9.17, 15) is 13.2 Å². The molecule has 1 amide bonds. The number of amides is 1. The van der Waals surface area contributed by atoms with Crippen molar-refractivity contribution in [1.82, 2.24) is 9.21 Å². The summed E-state index contributed by atoms with van der Waals surface area (Å²) < 4.78 is 28.0. The minimum atomic E-state index is -3.77. The monoisotopic (exact) mass is 400 g/mol. The van der Waals surface area contributed by atoms with Crippen molar-refractivity contribution < 1.29 is 13.2 Å². The summed E-state index contributed by atoms with van der Waals surface area (Å²) in [5.74, 6) is -0.144. The number of rotatable bonds is 6. The Morgan fingerprint density at radius 1 is 0.929 bits per heavy atom. The van der Waals surface area contributed by atoms with Gasteiger partial charge in [0, 0.05) is 12.1 Å². The predicted octanol–water partition coefficient (Wildman–Crippen LogP) is 3.75. The summed E-state index contributed by atoms with van der Waals surface area (Å²) in [5.41, 5.74) is 1.83. The molecule has 3 atom stereocenters. The predicted molar refractivity (Wildman–Crippen MR) is 110 cm³/mol. The summed E-state index contributed by atoms with van der Waals surface area (Å²) in [4.78, 5) is 15.3. The molecule has 1 saturated heterocycles. The van der Waals surface area contributed by atoms with Crippen LogP contribution in [0.1, 0.15) is 44.9 Å². The molecule has 1 fully saturated rings. The fourth-order valence-corrected chi connectivity index (χ4v) is 5.53. The van der Waals surface area contributed by atoms with E-state index < -0.39 is 22.1 Å². The second-order valence-corrected chi connectivity index (χ2v) is 9.72. The molecule has 0 saturated carbocycles. The molecule has 1 aliphatic rings. The van der Waals surface area contributed by atoms with Crippen molar-refractivity contribution in [2.45, 2.75) is 63.7 Å². The van der Waals surface area contributed by atoms with Crippen LogP contribution in [0.5, 0.6) is 0 Å². The van der Waals surface area contributed by atoms with Gasteiger partial charge in [-0.05, 0) is 52.3 Å². The summed E-state index contributed by atoms with van der Waals surface area (Å²) in [6.45, 7) is 9.73. The van der Waals surface area contributed by atoms with E-state index in [0.29, 0.717) is 0 Å². The number of sulfonamides is 1. The first kappa shape index (κ1) is 20.6. The highest BCUT2D eigenvalue weighted by molar-refractivity contribution is 7.89. The molecule has 1 aliphatic heterocycles. The standard InChI is InChI=1S/C22H28N2O3S/c1-15(2)23(16(3)4)22(25)21-20(18-9-7-6-8-10-18)24(21)28(26,27)19-13-11-17(5)12-14-19/h6-16,20-21H,1-5H3/t20-,21+,24?/m1/s1. The Bertz CT molecular complexity index is 930. The lowest BCUT2D eigenvalue weighted by Gasteiger charge is -2.30. The number of hydrogen-bond donors (Lipinski definition) is 0. The Balaban J connectivity index is 2.02. The van der Waals surface area contributed by atoms with Gasteiger partial charge in [0.1, 0.15) is 6.04 Å². The summed E-state index contributed by atoms with van der Waals surface area (Å²) in [6.07, 6.45) is 0. The first-order chi connectivity index (χ1) is 13.2. The van der Waals surface area contributed by atoms with Crippen molar-refractivity contribution in [3.05, 3.63) is 65.7 Å². The number of carbonyl (C=O) groups is 1. The first-order valence-corrected chi connectivity index (χ1v) is 11.1. The average Bonchev–Trinajstić information content (AvgIpc) is 3.39. The van der Waals surface area contributed by atoms with E-state index in [1.54, 1.807) is 29.2 Å². The Kier molecular flexibility index (Phi) is 5.64. The van der Waals surface area contributed by atoms with Crippen LogP contribution in [0.3, 0.4) is 0 Å². The molecule has 3 rings (SSSR count). The second kappa shape index (κ2) is 7.68. The molecule has 6 heteroatoms. The van der Waals surface area contributed by atoms with Gasteiger partial charge in [-0.3, -0.25) is 4.79 Å². The molecule has 0 bridgehead atoms. The van der Waals surface area contributed by atoms with Gasteiger partial charge in [0.25, 0.3) is 0 Å². The van der Waals surface area contributed by atoms with E-state index >= 15 is 0 Å². The Hall–Kier alpha value is -2.18. The average molecular weight is 401 g/mol. The van der Waals surface area contributed by atoms with E-state index in [1.165, 1.54) is 4.31 Å². The van der Waals surface area contributed by atoms with E-state index in [1.807, 2.05) is 65.0 Å². The molecule has 1 unspecified atom stereocenters. The highest BCUT2D eigenvalue weighted by Crippen LogP contribution is 2.48. The van der Waals surface area contributed by atoms with Crippen LogP contribution in [0.4, 0.5) is 0 Å². The molecule has 0 spiro atoms. The molecule has 2 aromatic carbocycles. The largest absolute Gasteiger partial charge is 0.336 e. The van der Waals surface area contributed by atoms with Crippen molar-refractivity contribution >= 4 is 15.9 Å². The van der Waals surface area contributed by atoms with Crippen molar-refractivity contribution in [2.24, 2.45) is 0 Å². The maximum absolute atomic E-state index is 13.3. The van der Waals surface area contributed by atoms with Crippen molar-refractivity contribution in [1.29, 1.82) is 0 Å². The van der Waals surface area contributed by atoms with Gasteiger partial charge in [-0.2, -0.15) is 4.31 Å². The Labute approximate surface area is 168 Å². The lowest BCUT2D eigenvalue weighted by molar-refractivity contribution is -0.134. The topological polar surface area (TPSA) is 57.5 Å². The van der Waals surface area contributed by atoms with Gasteiger partial charge in [0.05, 0.1) is 10.9 Å². The molecule has 0 radical (unpaired) electrons. The van der Waals surface area contributed by atoms with Gasteiger partial charge in [-0.15, -0.1) is 0 Å². The molecule has 150 valence electrons. The van der Waals surface area contributed by atoms with Gasteiger partial charge < -0.3 is 4.90 Å². The zero-order valence-electron chi connectivity index (χ0n) is 17.0. The van der Waals surface area contributed by atoms with Crippen LogP contribution < -0.4 is 0 Å². The number of aryl methyl sites for hydroxylation is 1. The molecular formula is C22H28N2O3S. The van der Waals surface area contributed by atoms with Gasteiger partial charge >= 0.3 is 0 Å². The van der Waals surface area contributed by atoms with Gasteiger partial charge in [0.15, 0.2) is 0 Å². The molecule has 28 heavy (non-hydrogen) atoms. The van der Waals surface area contributed by atoms with Crippen molar-refractivity contribution in [3.63, 3.8) is 0 Å². The van der Waals surface area contributed by atoms with E-state index in [-0.39, 0.29) is 22.9 Å². The highest BCUT2D eigenvalue weighted by atomic mass is 32.2. The molecule has 1 heterocycles. The smallest absolute Gasteiger partial charge is 0.244 e. The summed E-state index contributed by atoms with van der Waals surface area (Å²) in [5, 5.41) is 0. The Morgan fingerprint density at radius 3 is 1.96 bits per heavy atom. The maximum Gasteiger partial charge on any atom is 0.244 e. The minimum absolute atomic E-state index is 0.00606. The maximum atomic E-state index is 13.3. The van der Waals surface area contributed by atoms with E-state index in [0.717, 1.165) is 11.1 Å². The number of nitrogens with zero attached hydrogens (tertiary/aromatic N) is 2. The third-order valence-electron chi connectivity index (χ3n) is 5.12. The third kappa shape index (κ3) is 3.71. The molecule has 0 aliphatic carbocycles. The molecule has 5 nitrogen and oxygen atoms in total. The SMILES string of the molecule is Cc1ccc(S(=O)(=O)N2[C@H](C(=O)N(C(C)C)C(C)C)[C@H]2c2ccccc2)cc1. The number of carbonyl (C=O) groups excluding carboxylic acids is 1. The fourth-order valence-electron chi connectivity index (χ4n) is 3.82. The number of benzene rings is 2.